The normalized spacial score (nSPS) is 19.5. The molecular weight excluding hydrogens is 392 g/mol. The number of para-hydroxylation sites is 1. The molecule has 1 heterocycles. The molecule has 0 aromatic heterocycles. The number of piperidine rings is 1. The number of anilines is 2. The van der Waals surface area contributed by atoms with Gasteiger partial charge in [0.1, 0.15) is 5.69 Å². The summed E-state index contributed by atoms with van der Waals surface area (Å²) in [5.74, 6) is 0. The lowest BCUT2D eigenvalue weighted by Crippen LogP contribution is -3.13. The molecule has 0 spiro atoms. The first kappa shape index (κ1) is 21.1. The second-order valence-electron chi connectivity index (χ2n) is 7.33. The van der Waals surface area contributed by atoms with Crippen LogP contribution in [-0.2, 0) is 10.0 Å². The zero-order valence-electron chi connectivity index (χ0n) is 16.4. The Morgan fingerprint density at radius 2 is 1.83 bits per heavy atom. The minimum absolute atomic E-state index is 0.138. The number of benzene rings is 2. The lowest BCUT2D eigenvalue weighted by molar-refractivity contribution is -0.905. The van der Waals surface area contributed by atoms with E-state index in [-0.39, 0.29) is 16.6 Å². The van der Waals surface area contributed by atoms with E-state index in [1.54, 1.807) is 35.2 Å². The van der Waals surface area contributed by atoms with Crippen LogP contribution in [-0.4, -0.2) is 39.0 Å². The van der Waals surface area contributed by atoms with Crippen LogP contribution in [0.3, 0.4) is 0 Å². The van der Waals surface area contributed by atoms with E-state index < -0.39 is 14.9 Å². The van der Waals surface area contributed by atoms with Crippen molar-refractivity contribution in [2.45, 2.75) is 37.1 Å². The number of nitro benzene ring substituents is 1. The average molecular weight is 420 g/mol. The molecule has 8 nitrogen and oxygen atoms in total. The average Bonchev–Trinajstić information content (AvgIpc) is 2.70. The molecule has 0 radical (unpaired) electrons. The molecule has 0 aliphatic carbocycles. The van der Waals surface area contributed by atoms with Gasteiger partial charge in [-0.1, -0.05) is 25.1 Å². The molecule has 0 amide bonds. The number of hydrogen-bond donors (Lipinski definition) is 3. The summed E-state index contributed by atoms with van der Waals surface area (Å²) in [5.41, 5.74) is 0.528. The van der Waals surface area contributed by atoms with Gasteiger partial charge in [-0.15, -0.1) is 0 Å². The van der Waals surface area contributed by atoms with E-state index in [1.165, 1.54) is 12.1 Å². The molecule has 29 heavy (non-hydrogen) atoms. The summed E-state index contributed by atoms with van der Waals surface area (Å²) >= 11 is 0. The van der Waals surface area contributed by atoms with E-state index in [1.807, 2.05) is 0 Å². The van der Waals surface area contributed by atoms with Gasteiger partial charge < -0.3 is 10.2 Å². The van der Waals surface area contributed by atoms with Crippen molar-refractivity contribution in [1.82, 2.24) is 0 Å². The van der Waals surface area contributed by atoms with Crippen molar-refractivity contribution < 1.29 is 18.2 Å². The van der Waals surface area contributed by atoms with Gasteiger partial charge in [-0.25, -0.2) is 8.42 Å². The molecule has 1 aliphatic heterocycles. The molecule has 3 rings (SSSR count). The third-order valence-corrected chi connectivity index (χ3v) is 6.54. The highest BCUT2D eigenvalue weighted by Crippen LogP contribution is 2.29. The third kappa shape index (κ3) is 5.45. The quantitative estimate of drug-likeness (QED) is 0.450. The summed E-state index contributed by atoms with van der Waals surface area (Å²) in [6, 6.07) is 12.6. The SMILES string of the molecule is CCC[NH+]1CCC(Nc2ccc(S(=O)(=O)Nc3ccccc3)cc2[N+](=O)[O-])CC1. The lowest BCUT2D eigenvalue weighted by atomic mass is 10.0. The van der Waals surface area contributed by atoms with Crippen molar-refractivity contribution in [2.75, 3.05) is 29.7 Å². The molecule has 1 saturated heterocycles. The second kappa shape index (κ2) is 9.23. The number of nitrogens with one attached hydrogen (secondary N) is 3. The number of nitrogens with zero attached hydrogens (tertiary/aromatic N) is 1. The Morgan fingerprint density at radius 1 is 1.14 bits per heavy atom. The minimum Gasteiger partial charge on any atom is -0.376 e. The van der Waals surface area contributed by atoms with Gasteiger partial charge in [-0.05, 0) is 30.7 Å². The van der Waals surface area contributed by atoms with Crippen LogP contribution in [0.25, 0.3) is 0 Å². The Morgan fingerprint density at radius 3 is 2.45 bits per heavy atom. The second-order valence-corrected chi connectivity index (χ2v) is 9.01. The summed E-state index contributed by atoms with van der Waals surface area (Å²) < 4.78 is 27.7. The fourth-order valence-corrected chi connectivity index (χ4v) is 4.74. The standard InChI is InChI=1S/C20H26N4O4S/c1-2-12-23-13-10-16(11-14-23)21-19-9-8-18(15-20(19)24(25)26)29(27,28)22-17-6-4-3-5-7-17/h3-9,15-16,21-22H,2,10-14H2,1H3/p+1. The molecule has 2 aromatic carbocycles. The van der Waals surface area contributed by atoms with Crippen molar-refractivity contribution in [3.8, 4) is 0 Å². The highest BCUT2D eigenvalue weighted by atomic mass is 32.2. The number of nitro groups is 1. The summed E-state index contributed by atoms with van der Waals surface area (Å²) in [6.07, 6.45) is 3.01. The summed E-state index contributed by atoms with van der Waals surface area (Å²) in [7, 11) is -3.92. The predicted octanol–water partition coefficient (Wildman–Crippen LogP) is 2.26. The maximum absolute atomic E-state index is 12.6. The fraction of sp³-hybridized carbons (Fsp3) is 0.400. The highest BCUT2D eigenvalue weighted by molar-refractivity contribution is 7.92. The van der Waals surface area contributed by atoms with Crippen LogP contribution in [0.5, 0.6) is 0 Å². The van der Waals surface area contributed by atoms with Gasteiger partial charge >= 0.3 is 0 Å². The van der Waals surface area contributed by atoms with Gasteiger partial charge in [0.25, 0.3) is 15.7 Å². The van der Waals surface area contributed by atoms with Gasteiger partial charge in [-0.2, -0.15) is 0 Å². The Hall–Kier alpha value is -2.65. The minimum atomic E-state index is -3.92. The van der Waals surface area contributed by atoms with E-state index in [4.69, 9.17) is 0 Å². The van der Waals surface area contributed by atoms with Crippen molar-refractivity contribution in [1.29, 1.82) is 0 Å². The topological polar surface area (TPSA) is 106 Å². The first-order valence-electron chi connectivity index (χ1n) is 9.85. The van der Waals surface area contributed by atoms with Crippen LogP contribution in [0.2, 0.25) is 0 Å². The van der Waals surface area contributed by atoms with Gasteiger partial charge in [-0.3, -0.25) is 14.8 Å². The molecule has 1 fully saturated rings. The van der Waals surface area contributed by atoms with Crippen LogP contribution in [0.1, 0.15) is 26.2 Å². The molecule has 2 aromatic rings. The van der Waals surface area contributed by atoms with Crippen LogP contribution in [0.4, 0.5) is 17.1 Å². The Bertz CT molecular complexity index is 942. The lowest BCUT2D eigenvalue weighted by Gasteiger charge is -2.30. The molecule has 156 valence electrons. The summed E-state index contributed by atoms with van der Waals surface area (Å²) in [5, 5.41) is 14.8. The number of hydrogen-bond acceptors (Lipinski definition) is 5. The first-order valence-corrected chi connectivity index (χ1v) is 11.3. The molecule has 0 unspecified atom stereocenters. The molecule has 9 heteroatoms. The smallest absolute Gasteiger partial charge is 0.293 e. The molecule has 0 atom stereocenters. The van der Waals surface area contributed by atoms with E-state index >= 15 is 0 Å². The Labute approximate surface area is 171 Å². The van der Waals surface area contributed by atoms with Gasteiger partial charge in [0.15, 0.2) is 0 Å². The highest BCUT2D eigenvalue weighted by Gasteiger charge is 2.26. The zero-order valence-corrected chi connectivity index (χ0v) is 17.2. The van der Waals surface area contributed by atoms with Crippen molar-refractivity contribution in [2.24, 2.45) is 0 Å². The van der Waals surface area contributed by atoms with Crippen LogP contribution >= 0.6 is 0 Å². The monoisotopic (exact) mass is 419 g/mol. The first-order chi connectivity index (χ1) is 13.9. The van der Waals surface area contributed by atoms with Crippen LogP contribution in [0, 0.1) is 10.1 Å². The van der Waals surface area contributed by atoms with E-state index in [2.05, 4.69) is 17.0 Å². The molecule has 1 aliphatic rings. The molecule has 3 N–H and O–H groups in total. The third-order valence-electron chi connectivity index (χ3n) is 5.16. The number of rotatable bonds is 8. The van der Waals surface area contributed by atoms with E-state index in [9.17, 15) is 18.5 Å². The predicted molar refractivity (Wildman–Crippen MR) is 113 cm³/mol. The molecule has 0 saturated carbocycles. The largest absolute Gasteiger partial charge is 0.376 e. The van der Waals surface area contributed by atoms with E-state index in [0.29, 0.717) is 11.4 Å². The van der Waals surface area contributed by atoms with Gasteiger partial charge in [0, 0.05) is 30.6 Å². The fourth-order valence-electron chi connectivity index (χ4n) is 3.67. The zero-order chi connectivity index (χ0) is 20.9. The van der Waals surface area contributed by atoms with E-state index in [0.717, 1.165) is 45.0 Å². The molecular formula is C20H27N4O4S+. The molecule has 0 bridgehead atoms. The Kier molecular flexibility index (Phi) is 6.71. The van der Waals surface area contributed by atoms with Crippen molar-refractivity contribution in [3.63, 3.8) is 0 Å². The number of quaternary nitrogens is 1. The number of likely N-dealkylation sites (tertiary alicyclic amines) is 1. The van der Waals surface area contributed by atoms with Crippen LogP contribution < -0.4 is 14.9 Å². The maximum atomic E-state index is 12.6. The Balaban J connectivity index is 1.76. The van der Waals surface area contributed by atoms with Gasteiger partial charge in [0.05, 0.1) is 29.5 Å². The maximum Gasteiger partial charge on any atom is 0.293 e. The summed E-state index contributed by atoms with van der Waals surface area (Å²) in [6.45, 7) is 5.39. The number of sulfonamides is 1. The summed E-state index contributed by atoms with van der Waals surface area (Å²) in [4.78, 5) is 12.5. The van der Waals surface area contributed by atoms with Crippen molar-refractivity contribution in [3.05, 3.63) is 58.6 Å². The van der Waals surface area contributed by atoms with Crippen molar-refractivity contribution >= 4 is 27.1 Å². The van der Waals surface area contributed by atoms with Crippen LogP contribution in [0.15, 0.2) is 53.4 Å². The van der Waals surface area contributed by atoms with Gasteiger partial charge in [0.2, 0.25) is 0 Å².